The van der Waals surface area contributed by atoms with E-state index in [2.05, 4.69) is 24.3 Å². The van der Waals surface area contributed by atoms with Crippen LogP contribution in [-0.2, 0) is 12.2 Å². The molecule has 3 heteroatoms. The second kappa shape index (κ2) is 6.86. The topological polar surface area (TPSA) is 33.0 Å². The summed E-state index contributed by atoms with van der Waals surface area (Å²) in [4.78, 5) is 1.14. The van der Waals surface area contributed by atoms with Crippen LogP contribution in [0.3, 0.4) is 0 Å². The zero-order valence-corrected chi connectivity index (χ0v) is 11.6. The van der Waals surface area contributed by atoms with Crippen LogP contribution in [0.4, 0.5) is 0 Å². The number of nitrogens with zero attached hydrogens (tertiary/aromatic N) is 1. The van der Waals surface area contributed by atoms with E-state index in [4.69, 9.17) is 10.00 Å². The van der Waals surface area contributed by atoms with E-state index in [9.17, 15) is 0 Å². The van der Waals surface area contributed by atoms with Crippen molar-refractivity contribution >= 4 is 11.8 Å². The number of ether oxygens (including phenoxy) is 1. The Morgan fingerprint density at radius 1 is 1.05 bits per heavy atom. The molecular formula is C16H15NOS. The van der Waals surface area contributed by atoms with Gasteiger partial charge in [0.1, 0.15) is 5.75 Å². The fraction of sp³-hybridized carbons (Fsp3) is 0.188. The first-order chi connectivity index (χ1) is 9.33. The molecule has 2 aromatic carbocycles. The van der Waals surface area contributed by atoms with Crippen molar-refractivity contribution in [2.24, 2.45) is 0 Å². The van der Waals surface area contributed by atoms with Gasteiger partial charge in [0.15, 0.2) is 0 Å². The van der Waals surface area contributed by atoms with Gasteiger partial charge < -0.3 is 4.74 Å². The van der Waals surface area contributed by atoms with Gasteiger partial charge in [-0.25, -0.2) is 0 Å². The predicted molar refractivity (Wildman–Crippen MR) is 78.3 cm³/mol. The molecule has 0 atom stereocenters. The monoisotopic (exact) mass is 269 g/mol. The number of benzene rings is 2. The number of hydrogen-bond donors (Lipinski definition) is 0. The first-order valence-corrected chi connectivity index (χ1v) is 7.02. The van der Waals surface area contributed by atoms with Crippen LogP contribution in [0, 0.1) is 11.3 Å². The van der Waals surface area contributed by atoms with E-state index in [-0.39, 0.29) is 0 Å². The van der Waals surface area contributed by atoms with Crippen LogP contribution in [0.15, 0.2) is 53.4 Å². The standard InChI is InChI=1S/C16H15NOS/c1-18-15-4-2-3-5-16(15)19-12-14-8-6-13(7-9-14)10-11-17/h2-9H,10,12H2,1H3. The molecule has 0 unspecified atom stereocenters. The Labute approximate surface area is 118 Å². The second-order valence-corrected chi connectivity index (χ2v) is 5.11. The number of methoxy groups -OCH3 is 1. The third-order valence-corrected chi connectivity index (χ3v) is 3.90. The first-order valence-electron chi connectivity index (χ1n) is 6.04. The van der Waals surface area contributed by atoms with Gasteiger partial charge in [-0.1, -0.05) is 36.4 Å². The van der Waals surface area contributed by atoms with E-state index in [1.54, 1.807) is 18.9 Å². The summed E-state index contributed by atoms with van der Waals surface area (Å²) in [6.07, 6.45) is 0.472. The van der Waals surface area contributed by atoms with E-state index >= 15 is 0 Å². The van der Waals surface area contributed by atoms with Crippen LogP contribution in [0.1, 0.15) is 11.1 Å². The molecule has 0 amide bonds. The fourth-order valence-electron chi connectivity index (χ4n) is 1.74. The Morgan fingerprint density at radius 3 is 2.42 bits per heavy atom. The largest absolute Gasteiger partial charge is 0.496 e. The highest BCUT2D eigenvalue weighted by molar-refractivity contribution is 7.98. The first kappa shape index (κ1) is 13.5. The molecule has 0 heterocycles. The van der Waals surface area contributed by atoms with Crippen molar-refractivity contribution in [3.8, 4) is 11.8 Å². The highest BCUT2D eigenvalue weighted by Crippen LogP contribution is 2.31. The quantitative estimate of drug-likeness (QED) is 0.768. The number of nitriles is 1. The van der Waals surface area contributed by atoms with Crippen LogP contribution in [0.2, 0.25) is 0 Å². The lowest BCUT2D eigenvalue weighted by Crippen LogP contribution is -1.87. The van der Waals surface area contributed by atoms with Gasteiger partial charge in [0.2, 0.25) is 0 Å². The van der Waals surface area contributed by atoms with Crippen LogP contribution >= 0.6 is 11.8 Å². The predicted octanol–water partition coefficient (Wildman–Crippen LogP) is 4.05. The summed E-state index contributed by atoms with van der Waals surface area (Å²) >= 11 is 1.75. The minimum atomic E-state index is 0.472. The van der Waals surface area contributed by atoms with Gasteiger partial charge in [-0.05, 0) is 23.3 Å². The van der Waals surface area contributed by atoms with Crippen molar-refractivity contribution < 1.29 is 4.74 Å². The molecule has 0 radical (unpaired) electrons. The lowest BCUT2D eigenvalue weighted by molar-refractivity contribution is 0.405. The third-order valence-electron chi connectivity index (χ3n) is 2.77. The van der Waals surface area contributed by atoms with Gasteiger partial charge in [-0.15, -0.1) is 11.8 Å². The minimum absolute atomic E-state index is 0.472. The molecule has 0 aliphatic rings. The Hall–Kier alpha value is -1.92. The Kier molecular flexibility index (Phi) is 4.88. The van der Waals surface area contributed by atoms with E-state index in [1.165, 1.54) is 5.56 Å². The Bertz CT molecular complexity index is 572. The van der Waals surface area contributed by atoms with Crippen LogP contribution in [0.25, 0.3) is 0 Å². The molecule has 2 rings (SSSR count). The molecule has 0 aliphatic carbocycles. The Morgan fingerprint density at radius 2 is 1.74 bits per heavy atom. The molecule has 0 N–H and O–H groups in total. The van der Waals surface area contributed by atoms with Gasteiger partial charge in [-0.2, -0.15) is 5.26 Å². The molecule has 0 aliphatic heterocycles. The zero-order chi connectivity index (χ0) is 13.5. The molecule has 96 valence electrons. The summed E-state index contributed by atoms with van der Waals surface area (Å²) in [7, 11) is 1.69. The van der Waals surface area contributed by atoms with E-state index < -0.39 is 0 Å². The lowest BCUT2D eigenvalue weighted by atomic mass is 10.1. The second-order valence-electron chi connectivity index (χ2n) is 4.09. The maximum atomic E-state index is 8.63. The molecule has 0 saturated heterocycles. The molecule has 19 heavy (non-hydrogen) atoms. The lowest BCUT2D eigenvalue weighted by Gasteiger charge is -2.07. The molecule has 0 aromatic heterocycles. The summed E-state index contributed by atoms with van der Waals surface area (Å²) in [5, 5.41) is 8.63. The molecule has 0 saturated carbocycles. The maximum Gasteiger partial charge on any atom is 0.132 e. The van der Waals surface area contributed by atoms with Crippen molar-refractivity contribution in [3.63, 3.8) is 0 Å². The summed E-state index contributed by atoms with van der Waals surface area (Å²) in [5.41, 5.74) is 2.31. The van der Waals surface area contributed by atoms with Gasteiger partial charge in [-0.3, -0.25) is 0 Å². The SMILES string of the molecule is COc1ccccc1SCc1ccc(CC#N)cc1. The highest BCUT2D eigenvalue weighted by Gasteiger charge is 2.02. The van der Waals surface area contributed by atoms with Crippen LogP contribution in [0.5, 0.6) is 5.75 Å². The summed E-state index contributed by atoms with van der Waals surface area (Å²) in [6.45, 7) is 0. The van der Waals surface area contributed by atoms with Gasteiger partial charge >= 0.3 is 0 Å². The van der Waals surface area contributed by atoms with Gasteiger partial charge in [0.25, 0.3) is 0 Å². The molecule has 0 fully saturated rings. The van der Waals surface area contributed by atoms with E-state index in [1.807, 2.05) is 30.3 Å². The van der Waals surface area contributed by atoms with Crippen molar-refractivity contribution in [3.05, 3.63) is 59.7 Å². The van der Waals surface area contributed by atoms with Crippen molar-refractivity contribution in [2.45, 2.75) is 17.1 Å². The number of para-hydroxylation sites is 1. The van der Waals surface area contributed by atoms with Crippen molar-refractivity contribution in [1.29, 1.82) is 5.26 Å². The normalized spacial score (nSPS) is 9.89. The van der Waals surface area contributed by atoms with Crippen molar-refractivity contribution in [2.75, 3.05) is 7.11 Å². The minimum Gasteiger partial charge on any atom is -0.496 e. The average molecular weight is 269 g/mol. The molecule has 2 aromatic rings. The van der Waals surface area contributed by atoms with Gasteiger partial charge in [0, 0.05) is 10.6 Å². The number of thioether (sulfide) groups is 1. The van der Waals surface area contributed by atoms with E-state index in [0.29, 0.717) is 6.42 Å². The van der Waals surface area contributed by atoms with Gasteiger partial charge in [0.05, 0.1) is 19.6 Å². The summed E-state index contributed by atoms with van der Waals surface area (Å²) in [6, 6.07) is 18.4. The van der Waals surface area contributed by atoms with Crippen LogP contribution in [-0.4, -0.2) is 7.11 Å². The zero-order valence-electron chi connectivity index (χ0n) is 10.8. The smallest absolute Gasteiger partial charge is 0.132 e. The maximum absolute atomic E-state index is 8.63. The molecule has 2 nitrogen and oxygen atoms in total. The summed E-state index contributed by atoms with van der Waals surface area (Å²) < 4.78 is 5.33. The number of rotatable bonds is 5. The Balaban J connectivity index is 2.00. The highest BCUT2D eigenvalue weighted by atomic mass is 32.2. The molecule has 0 spiro atoms. The molecular weight excluding hydrogens is 254 g/mol. The van der Waals surface area contributed by atoms with E-state index in [0.717, 1.165) is 22.0 Å². The average Bonchev–Trinajstić information content (AvgIpc) is 2.47. The number of hydrogen-bond acceptors (Lipinski definition) is 3. The fourth-order valence-corrected chi connectivity index (χ4v) is 2.73. The molecule has 0 bridgehead atoms. The van der Waals surface area contributed by atoms with Crippen LogP contribution < -0.4 is 4.74 Å². The van der Waals surface area contributed by atoms with Crippen molar-refractivity contribution in [1.82, 2.24) is 0 Å². The summed E-state index contributed by atoms with van der Waals surface area (Å²) in [5.74, 6) is 1.81. The third kappa shape index (κ3) is 3.77.